The SMILES string of the molecule is O=C(O)CCNC(=O)CC1(CNc2ncnc(NC(c3ccc(C(F)(F)F)cc3)C3CC3)c2F)CCOCC1. The number of carbonyl (C=O) groups is 2. The van der Waals surface area contributed by atoms with Crippen molar-refractivity contribution in [2.45, 2.75) is 50.7 Å². The normalized spacial score (nSPS) is 17.7. The number of aromatic nitrogens is 2. The number of carbonyl (C=O) groups excluding carboxylic acids is 1. The number of alkyl halides is 3. The van der Waals surface area contributed by atoms with E-state index in [1.807, 2.05) is 0 Å². The molecule has 1 aromatic heterocycles. The molecule has 2 aliphatic rings. The number of halogens is 4. The standard InChI is InChI=1S/C26H31F4N5O4/c27-21-23(32-14-25(8-11-39-12-9-25)13-19(36)31-10-7-20(37)38)33-15-34-24(21)35-22(16-1-2-16)17-3-5-18(6-4-17)26(28,29)30/h3-6,15-16,22H,1-2,7-14H2,(H,31,36)(H,37,38)(H2,32,33,34,35). The summed E-state index contributed by atoms with van der Waals surface area (Å²) in [5.74, 6) is -2.04. The van der Waals surface area contributed by atoms with Crippen molar-refractivity contribution in [1.82, 2.24) is 15.3 Å². The van der Waals surface area contributed by atoms with E-state index in [9.17, 15) is 22.8 Å². The van der Waals surface area contributed by atoms with E-state index >= 15 is 4.39 Å². The van der Waals surface area contributed by atoms with Crippen LogP contribution >= 0.6 is 0 Å². The van der Waals surface area contributed by atoms with E-state index in [1.54, 1.807) is 0 Å². The minimum atomic E-state index is -4.44. The largest absolute Gasteiger partial charge is 0.481 e. The summed E-state index contributed by atoms with van der Waals surface area (Å²) in [7, 11) is 0. The summed E-state index contributed by atoms with van der Waals surface area (Å²) >= 11 is 0. The molecule has 2 aromatic rings. The summed E-state index contributed by atoms with van der Waals surface area (Å²) in [4.78, 5) is 31.3. The number of amides is 1. The number of carboxylic acid groups (broad SMARTS) is 1. The molecule has 39 heavy (non-hydrogen) atoms. The van der Waals surface area contributed by atoms with Gasteiger partial charge in [-0.05, 0) is 49.3 Å². The zero-order valence-corrected chi connectivity index (χ0v) is 21.2. The van der Waals surface area contributed by atoms with Crippen molar-refractivity contribution < 1.29 is 37.0 Å². The first-order valence-corrected chi connectivity index (χ1v) is 12.8. The second kappa shape index (κ2) is 12.1. The predicted molar refractivity (Wildman–Crippen MR) is 133 cm³/mol. The molecule has 1 unspecified atom stereocenters. The van der Waals surface area contributed by atoms with Crippen LogP contribution in [0, 0.1) is 17.2 Å². The third-order valence-electron chi connectivity index (χ3n) is 7.15. The van der Waals surface area contributed by atoms with Crippen LogP contribution in [0.3, 0.4) is 0 Å². The molecule has 1 aliphatic carbocycles. The second-order valence-electron chi connectivity index (χ2n) is 10.1. The Kier molecular flexibility index (Phi) is 8.88. The van der Waals surface area contributed by atoms with E-state index in [-0.39, 0.29) is 49.4 Å². The number of anilines is 2. The number of aliphatic carboxylic acids is 1. The Morgan fingerprint density at radius 1 is 1.10 bits per heavy atom. The first kappa shape index (κ1) is 28.5. The van der Waals surface area contributed by atoms with E-state index < -0.39 is 35.0 Å². The van der Waals surface area contributed by atoms with E-state index in [0.717, 1.165) is 25.0 Å². The fraction of sp³-hybridized carbons (Fsp3) is 0.538. The van der Waals surface area contributed by atoms with E-state index in [0.29, 0.717) is 31.6 Å². The van der Waals surface area contributed by atoms with Crippen molar-refractivity contribution in [1.29, 1.82) is 0 Å². The lowest BCUT2D eigenvalue weighted by Crippen LogP contribution is -2.41. The average molecular weight is 554 g/mol. The molecule has 0 bridgehead atoms. The fourth-order valence-electron chi connectivity index (χ4n) is 4.73. The van der Waals surface area contributed by atoms with Crippen LogP contribution < -0.4 is 16.0 Å². The summed E-state index contributed by atoms with van der Waals surface area (Å²) in [5.41, 5.74) is -0.695. The molecule has 1 saturated heterocycles. The summed E-state index contributed by atoms with van der Waals surface area (Å²) in [6.45, 7) is 1.10. The molecule has 9 nitrogen and oxygen atoms in total. The summed E-state index contributed by atoms with van der Waals surface area (Å²) in [6.07, 6.45) is -0.523. The van der Waals surface area contributed by atoms with Gasteiger partial charge in [-0.2, -0.15) is 17.6 Å². The Hall–Kier alpha value is -3.48. The Morgan fingerprint density at radius 2 is 1.77 bits per heavy atom. The fourth-order valence-corrected chi connectivity index (χ4v) is 4.73. The first-order chi connectivity index (χ1) is 18.6. The highest BCUT2D eigenvalue weighted by Gasteiger charge is 2.37. The zero-order chi connectivity index (χ0) is 28.0. The maximum atomic E-state index is 15.5. The first-order valence-electron chi connectivity index (χ1n) is 12.8. The van der Waals surface area contributed by atoms with Gasteiger partial charge in [0.1, 0.15) is 6.33 Å². The Bertz CT molecular complexity index is 1150. The predicted octanol–water partition coefficient (Wildman–Crippen LogP) is 4.39. The number of nitrogens with zero attached hydrogens (tertiary/aromatic N) is 2. The van der Waals surface area contributed by atoms with E-state index in [2.05, 4.69) is 25.9 Å². The summed E-state index contributed by atoms with van der Waals surface area (Å²) < 4.78 is 59.9. The molecular weight excluding hydrogens is 522 g/mol. The van der Waals surface area contributed by atoms with Crippen LogP contribution in [0.25, 0.3) is 0 Å². The van der Waals surface area contributed by atoms with Crippen LogP contribution in [-0.2, 0) is 20.5 Å². The van der Waals surface area contributed by atoms with Gasteiger partial charge in [0.05, 0.1) is 18.0 Å². The molecule has 4 N–H and O–H groups in total. The van der Waals surface area contributed by atoms with Gasteiger partial charge in [-0.1, -0.05) is 12.1 Å². The molecular formula is C26H31F4N5O4. The lowest BCUT2D eigenvalue weighted by atomic mass is 9.77. The molecule has 1 aromatic carbocycles. The monoisotopic (exact) mass is 553 g/mol. The molecule has 212 valence electrons. The number of nitrogens with one attached hydrogen (secondary N) is 3. The highest BCUT2D eigenvalue weighted by atomic mass is 19.4. The Morgan fingerprint density at radius 3 is 2.38 bits per heavy atom. The maximum absolute atomic E-state index is 15.5. The molecule has 1 saturated carbocycles. The van der Waals surface area contributed by atoms with Gasteiger partial charge in [-0.25, -0.2) is 9.97 Å². The topological polar surface area (TPSA) is 125 Å². The van der Waals surface area contributed by atoms with Crippen LogP contribution in [0.5, 0.6) is 0 Å². The van der Waals surface area contributed by atoms with E-state index in [1.165, 1.54) is 18.5 Å². The third kappa shape index (κ3) is 7.78. The Labute approximate surface area is 222 Å². The number of hydrogen-bond donors (Lipinski definition) is 4. The van der Waals surface area contributed by atoms with Crippen LogP contribution in [0.15, 0.2) is 30.6 Å². The molecule has 1 atom stereocenters. The quantitative estimate of drug-likeness (QED) is 0.285. The lowest BCUT2D eigenvalue weighted by Gasteiger charge is -2.37. The van der Waals surface area contributed by atoms with Gasteiger partial charge in [0.2, 0.25) is 11.7 Å². The van der Waals surface area contributed by atoms with Gasteiger partial charge in [0, 0.05) is 38.1 Å². The zero-order valence-electron chi connectivity index (χ0n) is 21.2. The molecule has 4 rings (SSSR count). The summed E-state index contributed by atoms with van der Waals surface area (Å²) in [5, 5.41) is 17.4. The number of benzene rings is 1. The number of rotatable bonds is 12. The van der Waals surface area contributed by atoms with Crippen molar-refractivity contribution in [3.05, 3.63) is 47.5 Å². The highest BCUT2D eigenvalue weighted by molar-refractivity contribution is 5.77. The van der Waals surface area contributed by atoms with Crippen molar-refractivity contribution in [2.24, 2.45) is 11.3 Å². The summed E-state index contributed by atoms with van der Waals surface area (Å²) in [6, 6.07) is 4.41. The molecule has 13 heteroatoms. The minimum absolute atomic E-state index is 0.0187. The van der Waals surface area contributed by atoms with Crippen LogP contribution in [-0.4, -0.2) is 53.3 Å². The van der Waals surface area contributed by atoms with Crippen molar-refractivity contribution in [3.8, 4) is 0 Å². The molecule has 0 spiro atoms. The second-order valence-corrected chi connectivity index (χ2v) is 10.1. The maximum Gasteiger partial charge on any atom is 0.416 e. The third-order valence-corrected chi connectivity index (χ3v) is 7.15. The van der Waals surface area contributed by atoms with Crippen molar-refractivity contribution in [2.75, 3.05) is 36.9 Å². The van der Waals surface area contributed by atoms with Gasteiger partial charge >= 0.3 is 12.1 Å². The molecule has 0 radical (unpaired) electrons. The van der Waals surface area contributed by atoms with Crippen molar-refractivity contribution in [3.63, 3.8) is 0 Å². The van der Waals surface area contributed by atoms with Gasteiger partial charge < -0.3 is 25.8 Å². The average Bonchev–Trinajstić information content (AvgIpc) is 3.73. The lowest BCUT2D eigenvalue weighted by molar-refractivity contribution is -0.138. The minimum Gasteiger partial charge on any atom is -0.481 e. The Balaban J connectivity index is 1.44. The van der Waals surface area contributed by atoms with Crippen LogP contribution in [0.1, 0.15) is 55.7 Å². The van der Waals surface area contributed by atoms with E-state index in [4.69, 9.17) is 9.84 Å². The van der Waals surface area contributed by atoms with Gasteiger partial charge in [-0.15, -0.1) is 0 Å². The van der Waals surface area contributed by atoms with Gasteiger partial charge in [0.15, 0.2) is 11.6 Å². The molecule has 2 fully saturated rings. The van der Waals surface area contributed by atoms with Gasteiger partial charge in [0.25, 0.3) is 0 Å². The van der Waals surface area contributed by atoms with Crippen LogP contribution in [0.2, 0.25) is 0 Å². The number of ether oxygens (including phenoxy) is 1. The smallest absolute Gasteiger partial charge is 0.416 e. The number of carboxylic acids is 1. The van der Waals surface area contributed by atoms with Crippen molar-refractivity contribution >= 4 is 23.5 Å². The van der Waals surface area contributed by atoms with Crippen LogP contribution in [0.4, 0.5) is 29.2 Å². The number of hydrogen-bond acceptors (Lipinski definition) is 7. The van der Waals surface area contributed by atoms with Gasteiger partial charge in [-0.3, -0.25) is 9.59 Å². The highest BCUT2D eigenvalue weighted by Crippen LogP contribution is 2.44. The molecule has 1 amide bonds. The molecule has 1 aliphatic heterocycles. The molecule has 2 heterocycles.